The summed E-state index contributed by atoms with van der Waals surface area (Å²) in [4.78, 5) is 77.5. The highest BCUT2D eigenvalue weighted by Gasteiger charge is 2.35. The first kappa shape index (κ1) is 51.0. The van der Waals surface area contributed by atoms with Gasteiger partial charge in [0.15, 0.2) is 27.9 Å². The van der Waals surface area contributed by atoms with Gasteiger partial charge in [0.25, 0.3) is 11.1 Å². The van der Waals surface area contributed by atoms with E-state index in [9.17, 15) is 32.3 Å². The zero-order valence-electron chi connectivity index (χ0n) is 41.7. The maximum atomic E-state index is 14.5. The number of amides is 4. The molecule has 0 aliphatic rings. The largest absolute Gasteiger partial charge is 0.455 e. The van der Waals surface area contributed by atoms with Gasteiger partial charge in [-0.3, -0.25) is 20.2 Å². The van der Waals surface area contributed by atoms with E-state index in [1.54, 1.807) is 30.5 Å². The van der Waals surface area contributed by atoms with Crippen LogP contribution in [0.5, 0.6) is 23.0 Å². The number of carbonyl (C=O) groups excluding carboxylic acids is 2. The first-order valence-electron chi connectivity index (χ1n) is 23.8. The maximum Gasteiger partial charge on any atom is 0.418 e. The van der Waals surface area contributed by atoms with Crippen LogP contribution in [-0.4, -0.2) is 56.7 Å². The quantitative estimate of drug-likeness (QED) is 0.0631. The zero-order chi connectivity index (χ0) is 54.2. The van der Waals surface area contributed by atoms with Crippen molar-refractivity contribution in [2.45, 2.75) is 64.5 Å². The molecule has 19 nitrogen and oxygen atoms in total. The first-order valence-corrected chi connectivity index (χ1v) is 24.6. The number of halogens is 3. The number of thiazole rings is 1. The number of H-pyrrole nitrogens is 2. The highest BCUT2D eigenvalue weighted by Crippen LogP contribution is 2.40. The fraction of sp³-hybridized carbons (Fsp3) is 0.185. The second-order valence-electron chi connectivity index (χ2n) is 19.4. The van der Waals surface area contributed by atoms with E-state index in [1.807, 2.05) is 69.3 Å². The van der Waals surface area contributed by atoms with E-state index in [-0.39, 0.29) is 39.5 Å². The van der Waals surface area contributed by atoms with Crippen molar-refractivity contribution in [3.8, 4) is 28.7 Å². The number of hydrogen-bond donors (Lipinski definition) is 6. The summed E-state index contributed by atoms with van der Waals surface area (Å²) in [5.74, 6) is 0.984. The number of anilines is 4. The van der Waals surface area contributed by atoms with Gasteiger partial charge < -0.3 is 30.1 Å². The SMILES string of the molecule is CC(C)(C)c1cc(NC(=O)Nc2ccc(Oc3ccnc4[nH]c(=O)cnc34)cc2C(F)(F)F)n(-c2ccc(CCC(C)(C)c3cnc(NC(=O)Nc4ccc(Oc5ccnc6[nH]c(=O)cnc56)c5ccccc45)s3)cc2)n1. The Hall–Kier alpha value is -9.51. The van der Waals surface area contributed by atoms with Gasteiger partial charge in [-0.25, -0.2) is 39.2 Å². The van der Waals surface area contributed by atoms with Crippen LogP contribution in [0.2, 0.25) is 0 Å². The van der Waals surface area contributed by atoms with Gasteiger partial charge in [0.05, 0.1) is 40.7 Å². The van der Waals surface area contributed by atoms with Gasteiger partial charge in [-0.1, -0.05) is 71.0 Å². The van der Waals surface area contributed by atoms with Gasteiger partial charge in [0.2, 0.25) is 0 Å². The number of ether oxygens (including phenoxy) is 2. The molecule has 0 bridgehead atoms. The normalized spacial score (nSPS) is 11.9. The summed E-state index contributed by atoms with van der Waals surface area (Å²) in [6.07, 6.45) is 3.27. The van der Waals surface area contributed by atoms with Crippen LogP contribution in [0.25, 0.3) is 38.8 Å². The van der Waals surface area contributed by atoms with Crippen molar-refractivity contribution in [2.75, 3.05) is 21.3 Å². The summed E-state index contributed by atoms with van der Waals surface area (Å²) in [5.41, 5.74) is 0.311. The van der Waals surface area contributed by atoms with Crippen molar-refractivity contribution in [1.29, 1.82) is 0 Å². The Morgan fingerprint density at radius 2 is 1.27 bits per heavy atom. The number of aromatic nitrogens is 9. The predicted molar refractivity (Wildman–Crippen MR) is 287 cm³/mol. The molecule has 10 aromatic rings. The van der Waals surface area contributed by atoms with Crippen molar-refractivity contribution >= 4 is 78.8 Å². The number of alkyl halides is 3. The molecule has 0 aliphatic heterocycles. The number of hydrogen-bond acceptors (Lipinski definition) is 13. The van der Waals surface area contributed by atoms with E-state index < -0.39 is 40.5 Å². The van der Waals surface area contributed by atoms with Crippen LogP contribution in [-0.2, 0) is 23.4 Å². The molecule has 0 aliphatic carbocycles. The topological polar surface area (TPSA) is 249 Å². The van der Waals surface area contributed by atoms with E-state index >= 15 is 0 Å². The monoisotopic (exact) mass is 1060 g/mol. The molecule has 0 fully saturated rings. The molecule has 23 heteroatoms. The van der Waals surface area contributed by atoms with Crippen LogP contribution >= 0.6 is 11.3 Å². The van der Waals surface area contributed by atoms with Crippen LogP contribution < -0.4 is 41.9 Å². The van der Waals surface area contributed by atoms with E-state index in [4.69, 9.17) is 14.6 Å². The summed E-state index contributed by atoms with van der Waals surface area (Å²) >= 11 is 1.38. The lowest BCUT2D eigenvalue weighted by Crippen LogP contribution is -2.23. The van der Waals surface area contributed by atoms with Gasteiger partial charge in [0.1, 0.15) is 28.4 Å². The number of nitrogens with zero attached hydrogens (tertiary/aromatic N) is 7. The van der Waals surface area contributed by atoms with Crippen molar-refractivity contribution in [3.63, 3.8) is 0 Å². The minimum absolute atomic E-state index is 0.0569. The van der Waals surface area contributed by atoms with E-state index in [0.717, 1.165) is 52.2 Å². The Morgan fingerprint density at radius 1 is 0.649 bits per heavy atom. The average Bonchev–Trinajstić information content (AvgIpc) is 4.06. The highest BCUT2D eigenvalue weighted by atomic mass is 32.1. The number of urea groups is 2. The lowest BCUT2D eigenvalue weighted by molar-refractivity contribution is -0.137. The molecule has 6 heterocycles. The van der Waals surface area contributed by atoms with Crippen molar-refractivity contribution < 1.29 is 32.2 Å². The first-order chi connectivity index (χ1) is 36.7. The van der Waals surface area contributed by atoms with E-state index in [0.29, 0.717) is 51.3 Å². The zero-order valence-corrected chi connectivity index (χ0v) is 42.5. The Balaban J connectivity index is 0.778. The molecule has 0 unspecified atom stereocenters. The maximum absolute atomic E-state index is 14.5. The van der Waals surface area contributed by atoms with Crippen LogP contribution in [0.4, 0.5) is 45.1 Å². The Kier molecular flexibility index (Phi) is 13.5. The third-order valence-electron chi connectivity index (χ3n) is 12.3. The van der Waals surface area contributed by atoms with Gasteiger partial charge in [-0.2, -0.15) is 18.3 Å². The predicted octanol–water partition coefficient (Wildman–Crippen LogP) is 11.8. The van der Waals surface area contributed by atoms with Crippen LogP contribution in [0.1, 0.15) is 62.7 Å². The molecular weight excluding hydrogens is 1020 g/mol. The third kappa shape index (κ3) is 11.3. The summed E-state index contributed by atoms with van der Waals surface area (Å²) < 4.78 is 57.0. The molecule has 0 saturated carbocycles. The molecule has 6 N–H and O–H groups in total. The van der Waals surface area contributed by atoms with Crippen molar-refractivity contribution in [3.05, 3.63) is 170 Å². The van der Waals surface area contributed by atoms with Crippen molar-refractivity contribution in [1.82, 2.24) is 44.7 Å². The summed E-state index contributed by atoms with van der Waals surface area (Å²) in [6, 6.07) is 24.9. The number of nitrogens with one attached hydrogen (secondary N) is 6. The standard InChI is InChI=1S/C54H46F3N13O6S/c1-52(2,3)40-25-42(65-49(73)64-36-15-14-31(24-34(36)54(55,56)57)75-38-19-22-58-47-45(38)60-27-43(71)66-47)70(69-40)30-12-10-29(11-13-30)18-21-53(4,5)41-26-62-51(77-41)68-50(74)63-35-16-17-37(33-9-7-6-8-32(33)35)76-39-20-23-59-48-46(39)61-28-44(72)67-48/h6-17,19-20,22-28H,18,21H2,1-5H3,(H,58,66,71)(H,59,67,72)(H2,64,65,73)(H2,62,63,68,74). The Labute approximate surface area is 439 Å². The number of fused-ring (bicyclic) bond motifs is 3. The van der Waals surface area contributed by atoms with E-state index in [2.05, 4.69) is 70.0 Å². The van der Waals surface area contributed by atoms with Gasteiger partial charge in [-0.05, 0) is 60.9 Å². The van der Waals surface area contributed by atoms with Crippen LogP contribution in [0, 0.1) is 0 Å². The van der Waals surface area contributed by atoms with Gasteiger partial charge in [-0.15, -0.1) is 11.3 Å². The van der Waals surface area contributed by atoms with Gasteiger partial charge in [0, 0.05) is 63.3 Å². The molecule has 0 spiro atoms. The lowest BCUT2D eigenvalue weighted by atomic mass is 9.85. The average molecular weight is 1060 g/mol. The molecule has 4 aromatic carbocycles. The molecule has 390 valence electrons. The highest BCUT2D eigenvalue weighted by molar-refractivity contribution is 7.15. The molecule has 4 amide bonds. The number of benzene rings is 4. The minimum atomic E-state index is -4.89. The van der Waals surface area contributed by atoms with E-state index in [1.165, 1.54) is 40.5 Å². The summed E-state index contributed by atoms with van der Waals surface area (Å²) in [7, 11) is 0. The van der Waals surface area contributed by atoms with Gasteiger partial charge >= 0.3 is 18.2 Å². The number of aromatic amines is 2. The number of pyridine rings is 2. The number of aryl methyl sites for hydroxylation is 1. The molecule has 6 aromatic heterocycles. The third-order valence-corrected chi connectivity index (χ3v) is 13.6. The van der Waals surface area contributed by atoms with Crippen LogP contribution in [0.3, 0.4) is 0 Å². The number of rotatable bonds is 13. The Morgan fingerprint density at radius 3 is 1.94 bits per heavy atom. The summed E-state index contributed by atoms with van der Waals surface area (Å²) in [6.45, 7) is 10.1. The lowest BCUT2D eigenvalue weighted by Gasteiger charge is -2.22. The fourth-order valence-corrected chi connectivity index (χ4v) is 9.18. The second kappa shape index (κ2) is 20.3. The minimum Gasteiger partial charge on any atom is -0.455 e. The molecule has 0 saturated heterocycles. The molecular formula is C54H46F3N13O6S. The fourth-order valence-electron chi connectivity index (χ4n) is 8.24. The summed E-state index contributed by atoms with van der Waals surface area (Å²) in [5, 5.41) is 17.5. The molecule has 0 atom stereocenters. The number of carbonyl (C=O) groups is 2. The molecule has 0 radical (unpaired) electrons. The van der Waals surface area contributed by atoms with Crippen molar-refractivity contribution in [2.24, 2.45) is 0 Å². The van der Waals surface area contributed by atoms with Crippen LogP contribution in [0.15, 0.2) is 138 Å². The Bertz CT molecular complexity index is 4020. The molecule has 10 rings (SSSR count). The second-order valence-corrected chi connectivity index (χ2v) is 20.4. The smallest absolute Gasteiger partial charge is 0.418 e. The molecule has 77 heavy (non-hydrogen) atoms.